The highest BCUT2D eigenvalue weighted by atomic mass is 127. The maximum absolute atomic E-state index is 12.4. The fourth-order valence-corrected chi connectivity index (χ4v) is 5.55. The number of Topliss-reactive ketones (excluding diaryl/α,β-unsaturated/α-hetero) is 1. The Labute approximate surface area is 131 Å². The Kier molecular flexibility index (Phi) is 4.22. The number of halogens is 1. The summed E-state index contributed by atoms with van der Waals surface area (Å²) < 4.78 is 1.23. The van der Waals surface area contributed by atoms with Crippen molar-refractivity contribution >= 4 is 28.4 Å². The summed E-state index contributed by atoms with van der Waals surface area (Å²) in [6.07, 6.45) is 5.58. The minimum atomic E-state index is 0.226. The molecule has 2 aliphatic rings. The third kappa shape index (κ3) is 2.22. The van der Waals surface area contributed by atoms with Crippen LogP contribution in [0, 0.1) is 28.6 Å². The summed E-state index contributed by atoms with van der Waals surface area (Å²) in [6, 6.07) is 0. The van der Waals surface area contributed by atoms with Crippen molar-refractivity contribution in [2.75, 3.05) is 0 Å². The molecule has 0 aromatic heterocycles. The molecule has 0 aromatic rings. The molecule has 0 spiro atoms. The Morgan fingerprint density at radius 1 is 1.53 bits per heavy atom. The third-order valence-corrected chi connectivity index (χ3v) is 6.90. The van der Waals surface area contributed by atoms with Crippen molar-refractivity contribution < 1.29 is 4.79 Å². The molecule has 108 valence electrons. The molecule has 0 aliphatic heterocycles. The van der Waals surface area contributed by atoms with E-state index in [1.165, 1.54) is 16.4 Å². The van der Waals surface area contributed by atoms with Crippen LogP contribution in [0.5, 0.6) is 0 Å². The van der Waals surface area contributed by atoms with Gasteiger partial charge >= 0.3 is 0 Å². The molecule has 0 N–H and O–H groups in total. The van der Waals surface area contributed by atoms with Crippen molar-refractivity contribution in [1.82, 2.24) is 0 Å². The quantitative estimate of drug-likeness (QED) is 0.604. The summed E-state index contributed by atoms with van der Waals surface area (Å²) in [6.45, 7) is 13.3. The molecule has 0 heterocycles. The molecule has 0 bridgehead atoms. The number of hydrogen-bond donors (Lipinski definition) is 0. The Morgan fingerprint density at radius 2 is 2.16 bits per heavy atom. The van der Waals surface area contributed by atoms with Crippen molar-refractivity contribution in [3.63, 3.8) is 0 Å². The van der Waals surface area contributed by atoms with Crippen LogP contribution in [0.3, 0.4) is 0 Å². The van der Waals surface area contributed by atoms with Crippen molar-refractivity contribution in [2.45, 2.75) is 59.8 Å². The predicted molar refractivity (Wildman–Crippen MR) is 89.3 cm³/mol. The normalized spacial score (nSPS) is 41.9. The molecule has 2 rings (SSSR count). The molecule has 19 heavy (non-hydrogen) atoms. The van der Waals surface area contributed by atoms with E-state index in [1.54, 1.807) is 0 Å². The lowest BCUT2D eigenvalue weighted by Gasteiger charge is -2.44. The molecule has 4 atom stereocenters. The van der Waals surface area contributed by atoms with Gasteiger partial charge in [0.25, 0.3) is 0 Å². The first-order chi connectivity index (χ1) is 8.74. The summed E-state index contributed by atoms with van der Waals surface area (Å²) in [5.41, 5.74) is 0.469. The first-order valence-corrected chi connectivity index (χ1v) is 8.68. The van der Waals surface area contributed by atoms with Gasteiger partial charge in [0.2, 0.25) is 0 Å². The highest BCUT2D eigenvalue weighted by molar-refractivity contribution is 14.1. The molecule has 0 saturated heterocycles. The molecular formula is C17H27IO. The van der Waals surface area contributed by atoms with Crippen LogP contribution < -0.4 is 0 Å². The summed E-state index contributed by atoms with van der Waals surface area (Å²) in [5, 5.41) is 0. The van der Waals surface area contributed by atoms with Crippen LogP contribution in [-0.4, -0.2) is 5.78 Å². The first kappa shape index (κ1) is 15.5. The maximum atomic E-state index is 12.4. The first-order valence-electron chi connectivity index (χ1n) is 7.60. The van der Waals surface area contributed by atoms with E-state index in [0.717, 1.165) is 19.3 Å². The van der Waals surface area contributed by atoms with E-state index in [1.807, 2.05) is 0 Å². The molecule has 2 aliphatic carbocycles. The number of carbonyl (C=O) groups is 1. The number of allylic oxidation sites excluding steroid dienone is 1. The summed E-state index contributed by atoms with van der Waals surface area (Å²) >= 11 is 2.34. The molecule has 2 fully saturated rings. The highest BCUT2D eigenvalue weighted by Gasteiger charge is 2.65. The molecule has 2 heteroatoms. The summed E-state index contributed by atoms with van der Waals surface area (Å²) in [5.74, 6) is 2.15. The van der Waals surface area contributed by atoms with Crippen LogP contribution >= 0.6 is 22.6 Å². The predicted octanol–water partition coefficient (Wildman–Crippen LogP) is 5.38. The molecule has 2 saturated carbocycles. The van der Waals surface area contributed by atoms with Gasteiger partial charge < -0.3 is 0 Å². The molecule has 0 aromatic carbocycles. The minimum absolute atomic E-state index is 0.226. The van der Waals surface area contributed by atoms with Crippen LogP contribution in [0.2, 0.25) is 0 Å². The van der Waals surface area contributed by atoms with Gasteiger partial charge in [-0.3, -0.25) is 4.79 Å². The van der Waals surface area contributed by atoms with Gasteiger partial charge in [-0.2, -0.15) is 0 Å². The largest absolute Gasteiger partial charge is 0.299 e. The average Bonchev–Trinajstić information content (AvgIpc) is 2.67. The standard InChI is InChI=1S/C17H27IO/c1-11(2)14-7-9-17(8-6-12(3)18)13(4)15(19)10-16(14,17)5/h11,13-14H,3,6-10H2,1-2,4-5H3/t13-,14-,16-,17-/m1/s1. The van der Waals surface area contributed by atoms with Gasteiger partial charge in [0, 0.05) is 12.3 Å². The van der Waals surface area contributed by atoms with E-state index in [2.05, 4.69) is 56.9 Å². The number of hydrogen-bond acceptors (Lipinski definition) is 1. The molecule has 0 radical (unpaired) electrons. The van der Waals surface area contributed by atoms with Crippen molar-refractivity contribution in [2.24, 2.45) is 28.6 Å². The van der Waals surface area contributed by atoms with Gasteiger partial charge in [-0.05, 0) is 74.5 Å². The van der Waals surface area contributed by atoms with E-state index in [4.69, 9.17) is 0 Å². The monoisotopic (exact) mass is 374 g/mol. The lowest BCUT2D eigenvalue weighted by molar-refractivity contribution is -0.122. The number of rotatable bonds is 4. The van der Waals surface area contributed by atoms with E-state index < -0.39 is 0 Å². The van der Waals surface area contributed by atoms with E-state index >= 15 is 0 Å². The van der Waals surface area contributed by atoms with Crippen LogP contribution in [0.15, 0.2) is 10.2 Å². The topological polar surface area (TPSA) is 17.1 Å². The number of ketones is 1. The Bertz CT molecular complexity index is 400. The van der Waals surface area contributed by atoms with Crippen LogP contribution in [-0.2, 0) is 4.79 Å². The zero-order valence-electron chi connectivity index (χ0n) is 12.8. The Morgan fingerprint density at radius 3 is 2.68 bits per heavy atom. The van der Waals surface area contributed by atoms with Crippen LogP contribution in [0.25, 0.3) is 0 Å². The molecular weight excluding hydrogens is 347 g/mol. The Hall–Kier alpha value is 0.140. The second-order valence-electron chi connectivity index (χ2n) is 7.34. The molecule has 1 nitrogen and oxygen atoms in total. The van der Waals surface area contributed by atoms with Crippen LogP contribution in [0.4, 0.5) is 0 Å². The fourth-order valence-electron chi connectivity index (χ4n) is 5.28. The van der Waals surface area contributed by atoms with Crippen molar-refractivity contribution in [1.29, 1.82) is 0 Å². The lowest BCUT2D eigenvalue weighted by Crippen LogP contribution is -2.39. The van der Waals surface area contributed by atoms with E-state index in [-0.39, 0.29) is 16.7 Å². The lowest BCUT2D eigenvalue weighted by atomic mass is 9.59. The average molecular weight is 374 g/mol. The zero-order valence-corrected chi connectivity index (χ0v) is 14.9. The molecule has 0 unspecified atom stereocenters. The fraction of sp³-hybridized carbons (Fsp3) is 0.824. The summed E-state index contributed by atoms with van der Waals surface area (Å²) in [4.78, 5) is 12.4. The van der Waals surface area contributed by atoms with Gasteiger partial charge in [0.15, 0.2) is 0 Å². The zero-order chi connectivity index (χ0) is 14.4. The number of carbonyl (C=O) groups excluding carboxylic acids is 1. The van der Waals surface area contributed by atoms with Crippen molar-refractivity contribution in [3.05, 3.63) is 10.2 Å². The minimum Gasteiger partial charge on any atom is -0.299 e. The molecule has 0 amide bonds. The van der Waals surface area contributed by atoms with E-state index in [9.17, 15) is 4.79 Å². The smallest absolute Gasteiger partial charge is 0.136 e. The van der Waals surface area contributed by atoms with Gasteiger partial charge in [0.05, 0.1) is 0 Å². The van der Waals surface area contributed by atoms with Gasteiger partial charge in [-0.15, -0.1) is 0 Å². The van der Waals surface area contributed by atoms with Gasteiger partial charge in [-0.25, -0.2) is 0 Å². The second kappa shape index (κ2) is 5.16. The van der Waals surface area contributed by atoms with Gasteiger partial charge in [-0.1, -0.05) is 34.3 Å². The van der Waals surface area contributed by atoms with Crippen molar-refractivity contribution in [3.8, 4) is 0 Å². The Balaban J connectivity index is 2.36. The van der Waals surface area contributed by atoms with Gasteiger partial charge in [0.1, 0.15) is 5.78 Å². The second-order valence-corrected chi connectivity index (χ2v) is 8.87. The van der Waals surface area contributed by atoms with E-state index in [0.29, 0.717) is 17.6 Å². The van der Waals surface area contributed by atoms with Crippen LogP contribution in [0.1, 0.15) is 59.8 Å². The maximum Gasteiger partial charge on any atom is 0.136 e. The SMILES string of the molecule is C=C(I)CC[C@]12CC[C@H](C(C)C)[C@@]1(C)CC(=O)[C@H]2C. The number of fused-ring (bicyclic) bond motifs is 1. The summed E-state index contributed by atoms with van der Waals surface area (Å²) in [7, 11) is 0. The third-order valence-electron chi connectivity index (χ3n) is 6.36. The highest BCUT2D eigenvalue weighted by Crippen LogP contribution is 2.69.